The van der Waals surface area contributed by atoms with E-state index in [2.05, 4.69) is 5.32 Å². The minimum atomic E-state index is -3.58. The van der Waals surface area contributed by atoms with Crippen LogP contribution in [0, 0.1) is 6.92 Å². The van der Waals surface area contributed by atoms with Gasteiger partial charge in [0.15, 0.2) is 9.84 Å². The average molecular weight is 443 g/mol. The first-order valence-electron chi connectivity index (χ1n) is 10.7. The smallest absolute Gasteiger partial charge is 0.226 e. The number of anilines is 1. The van der Waals surface area contributed by atoms with E-state index in [1.54, 1.807) is 17.0 Å². The molecule has 1 heterocycles. The van der Waals surface area contributed by atoms with Crippen LogP contribution in [-0.4, -0.2) is 38.6 Å². The summed E-state index contributed by atoms with van der Waals surface area (Å²) >= 11 is 0. The number of amides is 2. The molecule has 166 valence electrons. The van der Waals surface area contributed by atoms with Crippen LogP contribution in [-0.2, 0) is 32.3 Å². The quantitative estimate of drug-likeness (QED) is 0.680. The first-order valence-corrected chi connectivity index (χ1v) is 12.4. The van der Waals surface area contributed by atoms with E-state index >= 15 is 0 Å². The molecule has 6 nitrogen and oxygen atoms in total. The van der Waals surface area contributed by atoms with Gasteiger partial charge in [-0.25, -0.2) is 8.42 Å². The van der Waals surface area contributed by atoms with Crippen LogP contribution in [0.3, 0.4) is 0 Å². The maximum absolute atomic E-state index is 12.8. The Labute approximate surface area is 184 Å². The average Bonchev–Trinajstić information content (AvgIpc) is 3.08. The summed E-state index contributed by atoms with van der Waals surface area (Å²) < 4.78 is 25.5. The molecule has 0 aromatic heterocycles. The third-order valence-electron chi connectivity index (χ3n) is 5.65. The third kappa shape index (κ3) is 5.53. The van der Waals surface area contributed by atoms with Gasteiger partial charge in [-0.3, -0.25) is 9.59 Å². The zero-order valence-electron chi connectivity index (χ0n) is 18.3. The molecule has 0 saturated carbocycles. The molecule has 1 aliphatic rings. The lowest BCUT2D eigenvalue weighted by Crippen LogP contribution is -2.35. The summed E-state index contributed by atoms with van der Waals surface area (Å²) in [5.41, 5.74) is 3.95. The number of carbonyl (C=O) groups is 2. The summed E-state index contributed by atoms with van der Waals surface area (Å²) in [4.78, 5) is 26.3. The minimum Gasteiger partial charge on any atom is -0.356 e. The highest BCUT2D eigenvalue weighted by Gasteiger charge is 2.31. The van der Waals surface area contributed by atoms with E-state index in [1.165, 1.54) is 11.6 Å². The fourth-order valence-corrected chi connectivity index (χ4v) is 5.17. The van der Waals surface area contributed by atoms with Crippen LogP contribution in [0.5, 0.6) is 0 Å². The van der Waals surface area contributed by atoms with Crippen molar-refractivity contribution in [3.8, 4) is 0 Å². The van der Waals surface area contributed by atoms with Crippen LogP contribution in [0.4, 0.5) is 5.69 Å². The number of hydrogen-bond acceptors (Lipinski definition) is 4. The van der Waals surface area contributed by atoms with Crippen molar-refractivity contribution in [2.75, 3.05) is 17.2 Å². The number of rotatable bonds is 8. The lowest BCUT2D eigenvalue weighted by atomic mass is 10.1. The lowest BCUT2D eigenvalue weighted by Gasteiger charge is -2.22. The number of hydrogen-bond donors (Lipinski definition) is 1. The first kappa shape index (κ1) is 23.0. The SMILES string of the molecule is CCC(=O)N1c2ccc(S(=O)(=O)CCC(=O)NCCc3ccc(C)cc3)cc2C[C@@H]1C. The van der Waals surface area contributed by atoms with Crippen LogP contribution in [0.15, 0.2) is 47.4 Å². The van der Waals surface area contributed by atoms with E-state index in [0.717, 1.165) is 16.8 Å². The normalized spacial score (nSPS) is 15.6. The maximum Gasteiger partial charge on any atom is 0.226 e. The summed E-state index contributed by atoms with van der Waals surface area (Å²) in [5, 5.41) is 2.79. The Kier molecular flexibility index (Phi) is 7.15. The molecule has 3 rings (SSSR count). The Hall–Kier alpha value is -2.67. The largest absolute Gasteiger partial charge is 0.356 e. The molecule has 1 N–H and O–H groups in total. The van der Waals surface area contributed by atoms with Crippen molar-refractivity contribution in [1.29, 1.82) is 0 Å². The molecule has 0 radical (unpaired) electrons. The molecule has 7 heteroatoms. The molecule has 0 fully saturated rings. The molecule has 0 bridgehead atoms. The van der Waals surface area contributed by atoms with Gasteiger partial charge in [-0.1, -0.05) is 36.8 Å². The van der Waals surface area contributed by atoms with Crippen LogP contribution in [0.1, 0.15) is 43.4 Å². The van der Waals surface area contributed by atoms with Gasteiger partial charge in [0.2, 0.25) is 11.8 Å². The molecule has 0 unspecified atom stereocenters. The van der Waals surface area contributed by atoms with Crippen molar-refractivity contribution < 1.29 is 18.0 Å². The zero-order valence-corrected chi connectivity index (χ0v) is 19.2. The summed E-state index contributed by atoms with van der Waals surface area (Å²) in [6, 6.07) is 13.0. The van der Waals surface area contributed by atoms with Gasteiger partial charge < -0.3 is 10.2 Å². The predicted molar refractivity (Wildman–Crippen MR) is 122 cm³/mol. The van der Waals surface area contributed by atoms with E-state index in [-0.39, 0.29) is 34.9 Å². The Morgan fingerprint density at radius 3 is 2.52 bits per heavy atom. The zero-order chi connectivity index (χ0) is 22.6. The molecule has 2 amide bonds. The highest BCUT2D eigenvalue weighted by atomic mass is 32.2. The Bertz CT molecular complexity index is 1060. The fraction of sp³-hybridized carbons (Fsp3) is 0.417. The molecular weight excluding hydrogens is 412 g/mol. The number of benzene rings is 2. The van der Waals surface area contributed by atoms with Gasteiger partial charge in [-0.05, 0) is 56.0 Å². The van der Waals surface area contributed by atoms with Gasteiger partial charge in [-0.2, -0.15) is 0 Å². The third-order valence-corrected chi connectivity index (χ3v) is 7.36. The lowest BCUT2D eigenvalue weighted by molar-refractivity contribution is -0.120. The van der Waals surface area contributed by atoms with Crippen molar-refractivity contribution >= 4 is 27.3 Å². The fourth-order valence-electron chi connectivity index (χ4n) is 3.89. The van der Waals surface area contributed by atoms with Crippen LogP contribution >= 0.6 is 0 Å². The molecule has 1 atom stereocenters. The van der Waals surface area contributed by atoms with Crippen molar-refractivity contribution in [2.45, 2.75) is 57.4 Å². The number of sulfone groups is 1. The van der Waals surface area contributed by atoms with Gasteiger partial charge in [-0.15, -0.1) is 0 Å². The van der Waals surface area contributed by atoms with Crippen LogP contribution in [0.25, 0.3) is 0 Å². The van der Waals surface area contributed by atoms with E-state index in [9.17, 15) is 18.0 Å². The number of aryl methyl sites for hydroxylation is 1. The molecule has 1 aliphatic heterocycles. The first-order chi connectivity index (χ1) is 14.7. The van der Waals surface area contributed by atoms with Crippen molar-refractivity contribution in [3.05, 3.63) is 59.2 Å². The van der Waals surface area contributed by atoms with Gasteiger partial charge in [0.05, 0.1) is 10.6 Å². The molecule has 2 aromatic carbocycles. The molecular formula is C24H30N2O4S. The summed E-state index contributed by atoms with van der Waals surface area (Å²) in [6.07, 6.45) is 1.66. The highest BCUT2D eigenvalue weighted by Crippen LogP contribution is 2.34. The number of nitrogens with zero attached hydrogens (tertiary/aromatic N) is 1. The number of nitrogens with one attached hydrogen (secondary N) is 1. The van der Waals surface area contributed by atoms with Gasteiger partial charge >= 0.3 is 0 Å². The van der Waals surface area contributed by atoms with Crippen LogP contribution in [0.2, 0.25) is 0 Å². The van der Waals surface area contributed by atoms with E-state index < -0.39 is 9.84 Å². The molecule has 2 aromatic rings. The van der Waals surface area contributed by atoms with Gasteiger partial charge in [0.1, 0.15) is 0 Å². The van der Waals surface area contributed by atoms with Crippen molar-refractivity contribution in [1.82, 2.24) is 5.32 Å². The van der Waals surface area contributed by atoms with Gasteiger partial charge in [0, 0.05) is 31.1 Å². The Balaban J connectivity index is 1.56. The molecule has 0 aliphatic carbocycles. The molecule has 31 heavy (non-hydrogen) atoms. The molecule has 0 spiro atoms. The number of carbonyl (C=O) groups excluding carboxylic acids is 2. The summed E-state index contributed by atoms with van der Waals surface area (Å²) in [6.45, 7) is 6.27. The monoisotopic (exact) mass is 442 g/mol. The second-order valence-electron chi connectivity index (χ2n) is 8.12. The second kappa shape index (κ2) is 9.64. The Morgan fingerprint density at radius 1 is 1.13 bits per heavy atom. The number of fused-ring (bicyclic) bond motifs is 1. The predicted octanol–water partition coefficient (Wildman–Crippen LogP) is 3.21. The molecule has 0 saturated heterocycles. The highest BCUT2D eigenvalue weighted by molar-refractivity contribution is 7.91. The van der Waals surface area contributed by atoms with Crippen LogP contribution < -0.4 is 10.2 Å². The van der Waals surface area contributed by atoms with Gasteiger partial charge in [0.25, 0.3) is 0 Å². The van der Waals surface area contributed by atoms with E-state index in [0.29, 0.717) is 25.8 Å². The van der Waals surface area contributed by atoms with E-state index in [1.807, 2.05) is 45.0 Å². The maximum atomic E-state index is 12.8. The second-order valence-corrected chi connectivity index (χ2v) is 10.2. The van der Waals surface area contributed by atoms with E-state index in [4.69, 9.17) is 0 Å². The Morgan fingerprint density at radius 2 is 1.84 bits per heavy atom. The van der Waals surface area contributed by atoms with Crippen molar-refractivity contribution in [2.24, 2.45) is 0 Å². The topological polar surface area (TPSA) is 83.6 Å². The standard InChI is InChI=1S/C24H30N2O4S/c1-4-24(28)26-18(3)15-20-16-21(9-10-22(20)26)31(29,30)14-12-23(27)25-13-11-19-7-5-17(2)6-8-19/h5-10,16,18H,4,11-15H2,1-3H3,(H,25,27)/t18-/m0/s1. The van der Waals surface area contributed by atoms with Crippen molar-refractivity contribution in [3.63, 3.8) is 0 Å². The summed E-state index contributed by atoms with van der Waals surface area (Å²) in [5.74, 6) is -0.482. The summed E-state index contributed by atoms with van der Waals surface area (Å²) in [7, 11) is -3.58. The minimum absolute atomic E-state index is 0.0136.